The van der Waals surface area contributed by atoms with E-state index < -0.39 is 0 Å². The van der Waals surface area contributed by atoms with Gasteiger partial charge in [0.05, 0.1) is 24.7 Å². The van der Waals surface area contributed by atoms with Gasteiger partial charge in [-0.2, -0.15) is 0 Å². The molecule has 0 aliphatic heterocycles. The highest BCUT2D eigenvalue weighted by atomic mass is 16.5. The third-order valence-electron chi connectivity index (χ3n) is 4.21. The Bertz CT molecular complexity index is 1040. The average molecular weight is 331 g/mol. The van der Waals surface area contributed by atoms with Gasteiger partial charge in [0.15, 0.2) is 5.65 Å². The lowest BCUT2D eigenvalue weighted by Gasteiger charge is -2.13. The minimum atomic E-state index is 0.125. The van der Waals surface area contributed by atoms with Crippen molar-refractivity contribution in [3.8, 4) is 34.1 Å². The summed E-state index contributed by atoms with van der Waals surface area (Å²) in [5.74, 6) is 0.900. The van der Waals surface area contributed by atoms with E-state index in [0.717, 1.165) is 28.3 Å². The van der Waals surface area contributed by atoms with Gasteiger partial charge in [0.2, 0.25) is 5.88 Å². The SMILES string of the molecule is COc1ccc(-c2c(-c3ccccc3)ncc3nc(C)c(O)n23)cc1. The molecule has 0 atom stereocenters. The van der Waals surface area contributed by atoms with Crippen molar-refractivity contribution in [3.63, 3.8) is 0 Å². The van der Waals surface area contributed by atoms with Gasteiger partial charge in [-0.05, 0) is 31.2 Å². The number of ether oxygens (including phenoxy) is 1. The van der Waals surface area contributed by atoms with Crippen molar-refractivity contribution in [3.05, 3.63) is 66.5 Å². The van der Waals surface area contributed by atoms with Gasteiger partial charge in [-0.3, -0.25) is 9.38 Å². The third-order valence-corrected chi connectivity index (χ3v) is 4.21. The van der Waals surface area contributed by atoms with Crippen LogP contribution in [0.1, 0.15) is 5.69 Å². The molecule has 4 aromatic rings. The second-order valence-corrected chi connectivity index (χ2v) is 5.76. The van der Waals surface area contributed by atoms with Gasteiger partial charge >= 0.3 is 0 Å². The van der Waals surface area contributed by atoms with E-state index in [1.54, 1.807) is 24.6 Å². The number of aryl methyl sites for hydroxylation is 1. The van der Waals surface area contributed by atoms with E-state index in [1.807, 2.05) is 54.6 Å². The molecule has 5 heteroatoms. The van der Waals surface area contributed by atoms with Crippen LogP contribution in [0.2, 0.25) is 0 Å². The maximum Gasteiger partial charge on any atom is 0.219 e. The summed E-state index contributed by atoms with van der Waals surface area (Å²) >= 11 is 0. The van der Waals surface area contributed by atoms with Crippen LogP contribution in [-0.4, -0.2) is 26.6 Å². The standard InChI is InChI=1S/C20H17N3O2/c1-13-20(24)23-17(22-13)12-21-18(14-6-4-3-5-7-14)19(23)15-8-10-16(25-2)11-9-15/h3-12,24H,1-2H3. The second kappa shape index (κ2) is 5.94. The fourth-order valence-corrected chi connectivity index (χ4v) is 2.96. The van der Waals surface area contributed by atoms with Crippen molar-refractivity contribution in [2.75, 3.05) is 7.11 Å². The molecule has 2 heterocycles. The Morgan fingerprint density at radius 1 is 0.960 bits per heavy atom. The third kappa shape index (κ3) is 2.50. The highest BCUT2D eigenvalue weighted by molar-refractivity contribution is 5.80. The van der Waals surface area contributed by atoms with Crippen LogP contribution >= 0.6 is 0 Å². The quantitative estimate of drug-likeness (QED) is 0.614. The zero-order valence-electron chi connectivity index (χ0n) is 14.0. The monoisotopic (exact) mass is 331 g/mol. The second-order valence-electron chi connectivity index (χ2n) is 5.76. The van der Waals surface area contributed by atoms with Crippen LogP contribution in [0.15, 0.2) is 60.8 Å². The Labute approximate surface area is 145 Å². The van der Waals surface area contributed by atoms with Crippen LogP contribution in [0.3, 0.4) is 0 Å². The number of benzene rings is 2. The van der Waals surface area contributed by atoms with Crippen LogP contribution in [0.25, 0.3) is 28.2 Å². The molecule has 0 unspecified atom stereocenters. The number of nitrogens with zero attached hydrogens (tertiary/aromatic N) is 3. The number of hydrogen-bond donors (Lipinski definition) is 1. The van der Waals surface area contributed by atoms with Crippen LogP contribution in [0.4, 0.5) is 0 Å². The van der Waals surface area contributed by atoms with Gasteiger partial charge in [0.1, 0.15) is 11.4 Å². The largest absolute Gasteiger partial charge is 0.497 e. The summed E-state index contributed by atoms with van der Waals surface area (Å²) in [5.41, 5.74) is 4.66. The number of rotatable bonds is 3. The average Bonchev–Trinajstić information content (AvgIpc) is 2.96. The summed E-state index contributed by atoms with van der Waals surface area (Å²) < 4.78 is 6.99. The zero-order valence-corrected chi connectivity index (χ0v) is 14.0. The van der Waals surface area contributed by atoms with Crippen molar-refractivity contribution in [1.82, 2.24) is 14.4 Å². The molecule has 0 spiro atoms. The number of imidazole rings is 1. The van der Waals surface area contributed by atoms with Gasteiger partial charge in [-0.25, -0.2) is 4.98 Å². The van der Waals surface area contributed by atoms with E-state index in [1.165, 1.54) is 0 Å². The molecule has 0 bridgehead atoms. The Hall–Kier alpha value is -3.34. The molecule has 0 radical (unpaired) electrons. The maximum atomic E-state index is 10.6. The molecule has 124 valence electrons. The molecular formula is C20H17N3O2. The first-order valence-corrected chi connectivity index (χ1v) is 7.96. The van der Waals surface area contributed by atoms with Gasteiger partial charge in [-0.1, -0.05) is 30.3 Å². The molecule has 0 aliphatic carbocycles. The van der Waals surface area contributed by atoms with Crippen molar-refractivity contribution >= 4 is 5.65 Å². The van der Waals surface area contributed by atoms with Crippen LogP contribution in [0.5, 0.6) is 11.6 Å². The Balaban J connectivity index is 2.06. The molecule has 0 saturated heterocycles. The van der Waals surface area contributed by atoms with Gasteiger partial charge in [0.25, 0.3) is 0 Å². The maximum absolute atomic E-state index is 10.6. The Morgan fingerprint density at radius 3 is 2.36 bits per heavy atom. The van der Waals surface area contributed by atoms with Crippen molar-refractivity contribution in [2.24, 2.45) is 0 Å². The zero-order chi connectivity index (χ0) is 17.4. The molecule has 2 aromatic carbocycles. The molecule has 1 N–H and O–H groups in total. The molecule has 0 amide bonds. The van der Waals surface area contributed by atoms with E-state index in [9.17, 15) is 5.11 Å². The highest BCUT2D eigenvalue weighted by Gasteiger charge is 2.18. The predicted octanol–water partition coefficient (Wildman–Crippen LogP) is 4.09. The minimum absolute atomic E-state index is 0.125. The van der Waals surface area contributed by atoms with Crippen molar-refractivity contribution in [1.29, 1.82) is 0 Å². The van der Waals surface area contributed by atoms with E-state index in [0.29, 0.717) is 11.3 Å². The number of aromatic nitrogens is 3. The fourth-order valence-electron chi connectivity index (χ4n) is 2.96. The van der Waals surface area contributed by atoms with Gasteiger partial charge in [-0.15, -0.1) is 0 Å². The van der Waals surface area contributed by atoms with E-state index in [2.05, 4.69) is 9.97 Å². The summed E-state index contributed by atoms with van der Waals surface area (Å²) in [5, 5.41) is 10.6. The topological polar surface area (TPSA) is 59.7 Å². The van der Waals surface area contributed by atoms with Crippen LogP contribution in [-0.2, 0) is 0 Å². The van der Waals surface area contributed by atoms with Gasteiger partial charge in [0, 0.05) is 11.1 Å². The number of hydrogen-bond acceptors (Lipinski definition) is 4. The highest BCUT2D eigenvalue weighted by Crippen LogP contribution is 2.35. The first kappa shape index (κ1) is 15.2. The summed E-state index contributed by atoms with van der Waals surface area (Å²) in [4.78, 5) is 9.02. The number of fused-ring (bicyclic) bond motifs is 1. The first-order valence-electron chi connectivity index (χ1n) is 7.96. The molecule has 0 saturated carbocycles. The summed E-state index contributed by atoms with van der Waals surface area (Å²) in [6.07, 6.45) is 1.68. The Kier molecular flexibility index (Phi) is 3.61. The van der Waals surface area contributed by atoms with E-state index >= 15 is 0 Å². The molecular weight excluding hydrogens is 314 g/mol. The fraction of sp³-hybridized carbons (Fsp3) is 0.100. The van der Waals surface area contributed by atoms with Crippen molar-refractivity contribution in [2.45, 2.75) is 6.92 Å². The van der Waals surface area contributed by atoms with Crippen LogP contribution < -0.4 is 4.74 Å². The number of methoxy groups -OCH3 is 1. The molecule has 0 fully saturated rings. The summed E-state index contributed by atoms with van der Waals surface area (Å²) in [7, 11) is 1.64. The minimum Gasteiger partial charge on any atom is -0.497 e. The lowest BCUT2D eigenvalue weighted by Crippen LogP contribution is -1.99. The summed E-state index contributed by atoms with van der Waals surface area (Å²) in [6, 6.07) is 17.6. The smallest absolute Gasteiger partial charge is 0.219 e. The van der Waals surface area contributed by atoms with E-state index in [4.69, 9.17) is 4.74 Å². The molecule has 5 nitrogen and oxygen atoms in total. The molecule has 4 rings (SSSR count). The van der Waals surface area contributed by atoms with E-state index in [-0.39, 0.29) is 5.88 Å². The van der Waals surface area contributed by atoms with Crippen LogP contribution in [0, 0.1) is 6.92 Å². The lowest BCUT2D eigenvalue weighted by molar-refractivity contribution is 0.415. The van der Waals surface area contributed by atoms with Gasteiger partial charge < -0.3 is 9.84 Å². The molecule has 2 aromatic heterocycles. The Morgan fingerprint density at radius 2 is 1.68 bits per heavy atom. The first-order chi connectivity index (χ1) is 12.2. The summed E-state index contributed by atoms with van der Waals surface area (Å²) in [6.45, 7) is 1.78. The predicted molar refractivity (Wildman–Crippen MR) is 96.8 cm³/mol. The molecule has 25 heavy (non-hydrogen) atoms. The molecule has 0 aliphatic rings. The number of aromatic hydroxyl groups is 1. The van der Waals surface area contributed by atoms with Crippen molar-refractivity contribution < 1.29 is 9.84 Å². The normalized spacial score (nSPS) is 11.0. The lowest BCUT2D eigenvalue weighted by atomic mass is 10.0.